The first-order valence-corrected chi connectivity index (χ1v) is 11.6. The Balaban J connectivity index is 1.77. The van der Waals surface area contributed by atoms with Gasteiger partial charge in [-0.25, -0.2) is 8.42 Å². The van der Waals surface area contributed by atoms with Crippen LogP contribution in [-0.4, -0.2) is 23.2 Å². The van der Waals surface area contributed by atoms with Crippen molar-refractivity contribution in [3.05, 3.63) is 83.8 Å². The highest BCUT2D eigenvalue weighted by atomic mass is 32.2. The Morgan fingerprint density at radius 2 is 1.68 bits per heavy atom. The van der Waals surface area contributed by atoms with Crippen LogP contribution in [0, 0.1) is 6.92 Å². The van der Waals surface area contributed by atoms with Crippen LogP contribution in [0.1, 0.15) is 37.7 Å². The van der Waals surface area contributed by atoms with E-state index in [0.717, 1.165) is 22.2 Å². The van der Waals surface area contributed by atoms with E-state index < -0.39 is 15.4 Å². The van der Waals surface area contributed by atoms with Gasteiger partial charge in [0, 0.05) is 22.7 Å². The quantitative estimate of drug-likeness (QED) is 0.485. The lowest BCUT2D eigenvalue weighted by molar-refractivity contribution is 0.533. The first-order chi connectivity index (χ1) is 14.6. The van der Waals surface area contributed by atoms with E-state index in [2.05, 4.69) is 14.8 Å². The van der Waals surface area contributed by atoms with Gasteiger partial charge in [0.05, 0.1) is 23.4 Å². The molecule has 0 aliphatic carbocycles. The molecular weight excluding hydrogens is 408 g/mol. The second kappa shape index (κ2) is 7.81. The number of nitrogens with zero attached hydrogens (tertiary/aromatic N) is 3. The summed E-state index contributed by atoms with van der Waals surface area (Å²) in [6.45, 7) is 8.24. The Bertz CT molecular complexity index is 1340. The van der Waals surface area contributed by atoms with E-state index >= 15 is 0 Å². The third-order valence-electron chi connectivity index (χ3n) is 5.00. The Hall–Kier alpha value is -3.19. The van der Waals surface area contributed by atoms with Crippen LogP contribution in [0.25, 0.3) is 10.9 Å². The zero-order chi connectivity index (χ0) is 22.2. The molecule has 2 aromatic heterocycles. The molecule has 0 radical (unpaired) electrons. The van der Waals surface area contributed by atoms with Crippen LogP contribution in [0.4, 0.5) is 5.69 Å². The van der Waals surface area contributed by atoms with Crippen molar-refractivity contribution in [1.82, 2.24) is 14.8 Å². The average molecular weight is 435 g/mol. The number of sulfonamides is 1. The summed E-state index contributed by atoms with van der Waals surface area (Å²) in [6.07, 6.45) is 1.62. The smallest absolute Gasteiger partial charge is 0.265 e. The Morgan fingerprint density at radius 3 is 2.39 bits per heavy atom. The first kappa shape index (κ1) is 21.1. The van der Waals surface area contributed by atoms with Crippen LogP contribution in [0.5, 0.6) is 0 Å². The molecule has 4 rings (SSSR count). The lowest BCUT2D eigenvalue weighted by atomic mass is 9.92. The SMILES string of the molecule is Cc1cc(NS(=O)(=O)c2cn(Cc3ccccc3)nc2C(C)(C)C)c2ccccc2n1. The molecule has 0 atom stereocenters. The fourth-order valence-electron chi connectivity index (χ4n) is 3.56. The third kappa shape index (κ3) is 4.46. The maximum absolute atomic E-state index is 13.5. The molecule has 0 aliphatic heterocycles. The van der Waals surface area contributed by atoms with E-state index in [1.54, 1.807) is 16.9 Å². The largest absolute Gasteiger partial charge is 0.279 e. The van der Waals surface area contributed by atoms with Crippen molar-refractivity contribution < 1.29 is 8.42 Å². The number of aryl methyl sites for hydroxylation is 1. The zero-order valence-corrected chi connectivity index (χ0v) is 18.9. The summed E-state index contributed by atoms with van der Waals surface area (Å²) in [7, 11) is -3.87. The molecule has 31 heavy (non-hydrogen) atoms. The number of nitrogens with one attached hydrogen (secondary N) is 1. The van der Waals surface area contributed by atoms with E-state index in [1.165, 1.54) is 0 Å². The minimum absolute atomic E-state index is 0.189. The number of benzene rings is 2. The molecule has 0 unspecified atom stereocenters. The number of anilines is 1. The molecule has 160 valence electrons. The minimum atomic E-state index is -3.87. The van der Waals surface area contributed by atoms with Crippen LogP contribution in [-0.2, 0) is 22.0 Å². The second-order valence-electron chi connectivity index (χ2n) is 8.71. The lowest BCUT2D eigenvalue weighted by Gasteiger charge is -2.18. The molecule has 0 aliphatic rings. The summed E-state index contributed by atoms with van der Waals surface area (Å²) >= 11 is 0. The Kier molecular flexibility index (Phi) is 5.31. The van der Waals surface area contributed by atoms with Crippen molar-refractivity contribution in [2.24, 2.45) is 0 Å². The average Bonchev–Trinajstić information content (AvgIpc) is 3.14. The third-order valence-corrected chi connectivity index (χ3v) is 6.37. The predicted molar refractivity (Wildman–Crippen MR) is 124 cm³/mol. The number of hydrogen-bond acceptors (Lipinski definition) is 4. The van der Waals surface area contributed by atoms with Gasteiger partial charge in [-0.1, -0.05) is 69.3 Å². The van der Waals surface area contributed by atoms with Gasteiger partial charge in [-0.15, -0.1) is 0 Å². The lowest BCUT2D eigenvalue weighted by Crippen LogP contribution is -2.20. The molecule has 0 saturated carbocycles. The monoisotopic (exact) mass is 434 g/mol. The molecule has 2 heterocycles. The molecule has 7 heteroatoms. The zero-order valence-electron chi connectivity index (χ0n) is 18.1. The van der Waals surface area contributed by atoms with Crippen molar-refractivity contribution in [3.63, 3.8) is 0 Å². The number of rotatable bonds is 5. The maximum Gasteiger partial charge on any atom is 0.265 e. The van der Waals surface area contributed by atoms with E-state index in [0.29, 0.717) is 17.9 Å². The summed E-state index contributed by atoms with van der Waals surface area (Å²) in [6, 6.07) is 19.1. The van der Waals surface area contributed by atoms with Gasteiger partial charge >= 0.3 is 0 Å². The van der Waals surface area contributed by atoms with Gasteiger partial charge in [-0.05, 0) is 24.6 Å². The fourth-order valence-corrected chi connectivity index (χ4v) is 4.99. The highest BCUT2D eigenvalue weighted by Crippen LogP contribution is 2.31. The van der Waals surface area contributed by atoms with Crippen molar-refractivity contribution in [3.8, 4) is 0 Å². The second-order valence-corrected chi connectivity index (χ2v) is 10.4. The summed E-state index contributed by atoms with van der Waals surface area (Å²) in [5, 5.41) is 5.40. The van der Waals surface area contributed by atoms with Crippen LogP contribution in [0.3, 0.4) is 0 Å². The van der Waals surface area contributed by atoms with Gasteiger partial charge in [-0.3, -0.25) is 14.4 Å². The van der Waals surface area contributed by atoms with Gasteiger partial charge in [0.2, 0.25) is 0 Å². The molecule has 0 fully saturated rings. The summed E-state index contributed by atoms with van der Waals surface area (Å²) in [4.78, 5) is 4.68. The van der Waals surface area contributed by atoms with Crippen molar-refractivity contribution in [1.29, 1.82) is 0 Å². The number of hydrogen-bond donors (Lipinski definition) is 1. The molecule has 6 nitrogen and oxygen atoms in total. The van der Waals surface area contributed by atoms with E-state index in [-0.39, 0.29) is 4.90 Å². The predicted octanol–water partition coefficient (Wildman–Crippen LogP) is 4.89. The first-order valence-electron chi connectivity index (χ1n) is 10.1. The van der Waals surface area contributed by atoms with Gasteiger partial charge in [0.1, 0.15) is 4.90 Å². The van der Waals surface area contributed by atoms with Crippen molar-refractivity contribution in [2.75, 3.05) is 4.72 Å². The molecule has 0 spiro atoms. The number of para-hydroxylation sites is 1. The highest BCUT2D eigenvalue weighted by molar-refractivity contribution is 7.92. The minimum Gasteiger partial charge on any atom is -0.279 e. The molecule has 0 bridgehead atoms. The molecule has 2 aromatic carbocycles. The van der Waals surface area contributed by atoms with Crippen molar-refractivity contribution >= 4 is 26.6 Å². The molecule has 1 N–H and O–H groups in total. The Morgan fingerprint density at radius 1 is 1.00 bits per heavy atom. The molecule has 0 saturated heterocycles. The number of fused-ring (bicyclic) bond motifs is 1. The standard InChI is InChI=1S/C24H26N4O2S/c1-17-14-21(19-12-8-9-13-20(19)25-17)27-31(29,30)22-16-28(26-23(22)24(2,3)4)15-18-10-6-5-7-11-18/h5-14,16H,15H2,1-4H3,(H,25,27). The summed E-state index contributed by atoms with van der Waals surface area (Å²) in [5.41, 5.74) is 3.15. The number of pyridine rings is 1. The van der Waals surface area contributed by atoms with Crippen LogP contribution in [0.15, 0.2) is 71.8 Å². The molecule has 0 amide bonds. The number of aromatic nitrogens is 3. The molecular formula is C24H26N4O2S. The van der Waals surface area contributed by atoms with Crippen LogP contribution < -0.4 is 4.72 Å². The van der Waals surface area contributed by atoms with Gasteiger partial charge < -0.3 is 0 Å². The normalized spacial score (nSPS) is 12.3. The maximum atomic E-state index is 13.5. The van der Waals surface area contributed by atoms with Crippen LogP contribution >= 0.6 is 0 Å². The van der Waals surface area contributed by atoms with Crippen LogP contribution in [0.2, 0.25) is 0 Å². The summed E-state index contributed by atoms with van der Waals surface area (Å²) in [5.74, 6) is 0. The Labute approximate surface area is 183 Å². The fraction of sp³-hybridized carbons (Fsp3) is 0.250. The van der Waals surface area contributed by atoms with Gasteiger partial charge in [0.15, 0.2) is 0 Å². The van der Waals surface area contributed by atoms with E-state index in [1.807, 2.05) is 82.3 Å². The van der Waals surface area contributed by atoms with Gasteiger partial charge in [-0.2, -0.15) is 5.10 Å². The summed E-state index contributed by atoms with van der Waals surface area (Å²) < 4.78 is 31.5. The topological polar surface area (TPSA) is 76.9 Å². The van der Waals surface area contributed by atoms with E-state index in [9.17, 15) is 8.42 Å². The highest BCUT2D eigenvalue weighted by Gasteiger charge is 2.30. The van der Waals surface area contributed by atoms with E-state index in [4.69, 9.17) is 0 Å². The molecule has 4 aromatic rings. The van der Waals surface area contributed by atoms with Gasteiger partial charge in [0.25, 0.3) is 10.0 Å². The van der Waals surface area contributed by atoms with Crippen molar-refractivity contribution in [2.45, 2.75) is 44.6 Å².